The van der Waals surface area contributed by atoms with Crippen LogP contribution in [0.5, 0.6) is 0 Å². The van der Waals surface area contributed by atoms with Crippen molar-refractivity contribution in [1.29, 1.82) is 36.8 Å². The van der Waals surface area contributed by atoms with Crippen LogP contribution >= 0.6 is 0 Å². The van der Waals surface area contributed by atoms with Gasteiger partial charge in [-0.05, 0) is 125 Å². The number of benzene rings is 11. The fourth-order valence-electron chi connectivity index (χ4n) is 12.1. The van der Waals surface area contributed by atoms with E-state index in [1.165, 1.54) is 24.3 Å². The number of nitrogens with zero attached hydrogens (tertiary/aromatic N) is 12. The molecule has 3 heterocycles. The van der Waals surface area contributed by atoms with Crippen molar-refractivity contribution < 1.29 is 0 Å². The van der Waals surface area contributed by atoms with Gasteiger partial charge in [-0.15, -0.1) is 0 Å². The van der Waals surface area contributed by atoms with Crippen molar-refractivity contribution in [2.24, 2.45) is 0 Å². The number of aromatic nitrogens is 5. The zero-order chi connectivity index (χ0) is 60.0. The molecule has 14 aromatic rings. The lowest BCUT2D eigenvalue weighted by molar-refractivity contribution is 1.07. The molecule has 0 unspecified atom stereocenters. The predicted molar refractivity (Wildman–Crippen MR) is 340 cm³/mol. The van der Waals surface area contributed by atoms with Crippen molar-refractivity contribution in [2.45, 2.75) is 0 Å². The molecule has 88 heavy (non-hydrogen) atoms. The van der Waals surface area contributed by atoms with Gasteiger partial charge in [0.2, 0.25) is 0 Å². The Bertz CT molecular complexity index is 5460. The Kier molecular flexibility index (Phi) is 12.9. The SMILES string of the molecule is N#Cc1ccc(-c2cc(-c3cc(-c4nc(-c5ccccc5)nc(-c5ccccc5)n4)ccc3-n3c4ccccc4c4cc(-c5c(C#N)cc(C#N)cc5C#N)ccc43)ccc2-n2c3ccccc3c3cc(-c4c(C#N)cc(C#N)cc4C#N)ccc32)cc1. The van der Waals surface area contributed by atoms with Gasteiger partial charge in [-0.2, -0.15) is 36.8 Å². The predicted octanol–water partition coefficient (Wildman–Crippen LogP) is 16.8. The molecule has 0 atom stereocenters. The molecule has 0 aliphatic carbocycles. The molecule has 0 N–H and O–H groups in total. The number of para-hydroxylation sites is 2. The minimum atomic E-state index is 0.222. The van der Waals surface area contributed by atoms with Crippen LogP contribution in [-0.2, 0) is 0 Å². The Labute approximate surface area is 503 Å². The smallest absolute Gasteiger partial charge is 0.164 e. The van der Waals surface area contributed by atoms with Gasteiger partial charge < -0.3 is 9.13 Å². The monoisotopic (exact) mass is 1120 g/mol. The number of rotatable bonds is 9. The quantitative estimate of drug-likeness (QED) is 0.133. The molecule has 0 aliphatic heterocycles. The molecule has 0 spiro atoms. The molecule has 0 aliphatic rings. The van der Waals surface area contributed by atoms with E-state index in [-0.39, 0.29) is 33.4 Å². The highest BCUT2D eigenvalue weighted by atomic mass is 15.0. The van der Waals surface area contributed by atoms with Crippen LogP contribution in [0.3, 0.4) is 0 Å². The molecule has 12 nitrogen and oxygen atoms in total. The first-order valence-electron chi connectivity index (χ1n) is 27.8. The Hall–Kier alpha value is -13.5. The van der Waals surface area contributed by atoms with E-state index in [0.29, 0.717) is 45.3 Å². The maximum atomic E-state index is 10.4. The minimum absolute atomic E-state index is 0.222. The molecule has 0 saturated heterocycles. The summed E-state index contributed by atoms with van der Waals surface area (Å²) in [6.07, 6.45) is 0. The van der Waals surface area contributed by atoms with Crippen molar-refractivity contribution in [2.75, 3.05) is 0 Å². The van der Waals surface area contributed by atoms with Gasteiger partial charge >= 0.3 is 0 Å². The van der Waals surface area contributed by atoms with E-state index in [1.807, 2.05) is 152 Å². The van der Waals surface area contributed by atoms with Crippen molar-refractivity contribution >= 4 is 43.6 Å². The number of hydrogen-bond acceptors (Lipinski definition) is 10. The Morgan fingerprint density at radius 1 is 0.250 bits per heavy atom. The molecule has 402 valence electrons. The summed E-state index contributed by atoms with van der Waals surface area (Å²) in [5.74, 6) is 1.47. The average molecular weight is 1120 g/mol. The maximum absolute atomic E-state index is 10.4. The van der Waals surface area contributed by atoms with Crippen molar-refractivity contribution in [3.8, 4) is 133 Å². The van der Waals surface area contributed by atoms with Crippen LogP contribution in [0, 0.1) is 79.3 Å². The van der Waals surface area contributed by atoms with Crippen LogP contribution in [-0.4, -0.2) is 24.1 Å². The van der Waals surface area contributed by atoms with Crippen LogP contribution in [0.1, 0.15) is 38.9 Å². The van der Waals surface area contributed by atoms with Crippen molar-refractivity contribution in [3.05, 3.63) is 269 Å². The third-order valence-electron chi connectivity index (χ3n) is 16.0. The van der Waals surface area contributed by atoms with Crippen molar-refractivity contribution in [1.82, 2.24) is 24.1 Å². The maximum Gasteiger partial charge on any atom is 0.164 e. The van der Waals surface area contributed by atoms with E-state index in [1.54, 1.807) is 0 Å². The van der Waals surface area contributed by atoms with E-state index in [9.17, 15) is 36.8 Å². The van der Waals surface area contributed by atoms with Gasteiger partial charge in [0, 0.05) is 60.5 Å². The molecule has 0 amide bonds. The number of nitriles is 7. The van der Waals surface area contributed by atoms with Crippen molar-refractivity contribution in [3.63, 3.8) is 0 Å². The van der Waals surface area contributed by atoms with Crippen LogP contribution in [0.25, 0.3) is 134 Å². The van der Waals surface area contributed by atoms with Gasteiger partial charge in [-0.3, -0.25) is 0 Å². The van der Waals surface area contributed by atoms with Gasteiger partial charge in [0.1, 0.15) is 0 Å². The lowest BCUT2D eigenvalue weighted by atomic mass is 9.92. The zero-order valence-electron chi connectivity index (χ0n) is 46.3. The molecule has 3 aromatic heterocycles. The standard InChI is InChI=1S/C76H38N12/c77-39-46-19-21-49(22-20-46)62-35-52(23-27-68(62)87-66-17-9-7-15-60(66)64-36-53(24-28-70(64)87)72-56(42-80)31-47(40-78)32-57(72)43-81)63-38-55(76-85-74(50-11-3-1-4-12-50)84-75(86-76)51-13-5-2-6-14-51)26-30-69(63)88-67-18-10-8-16-61(67)65-37-54(25-29-71(65)88)73-58(44-82)33-48(41-79)34-59(73)45-83/h1-38H. The Balaban J connectivity index is 1.04. The second-order valence-corrected chi connectivity index (χ2v) is 20.9. The third-order valence-corrected chi connectivity index (χ3v) is 16.0. The number of hydrogen-bond donors (Lipinski definition) is 0. The van der Waals surface area contributed by atoms with Crippen LogP contribution < -0.4 is 0 Å². The summed E-state index contributed by atoms with van der Waals surface area (Å²) in [7, 11) is 0. The van der Waals surface area contributed by atoms with E-state index in [2.05, 4.69) is 106 Å². The summed E-state index contributed by atoms with van der Waals surface area (Å²) in [5, 5.41) is 74.7. The normalized spacial score (nSPS) is 10.9. The van der Waals surface area contributed by atoms with Gasteiger partial charge in [0.15, 0.2) is 17.5 Å². The third kappa shape index (κ3) is 8.85. The molecular weight excluding hydrogens is 1080 g/mol. The average Bonchev–Trinajstić information content (AvgIpc) is 1.75. The van der Waals surface area contributed by atoms with E-state index in [0.717, 1.165) is 93.9 Å². The highest BCUT2D eigenvalue weighted by Crippen LogP contribution is 2.45. The van der Waals surface area contributed by atoms with Gasteiger partial charge in [0.25, 0.3) is 0 Å². The first kappa shape index (κ1) is 52.5. The lowest BCUT2D eigenvalue weighted by Crippen LogP contribution is -2.02. The summed E-state index contributed by atoms with van der Waals surface area (Å²) < 4.78 is 4.44. The fraction of sp³-hybridized carbons (Fsp3) is 0. The van der Waals surface area contributed by atoms with Gasteiger partial charge in [0.05, 0.1) is 115 Å². The molecule has 12 heteroatoms. The summed E-state index contributed by atoms with van der Waals surface area (Å²) in [6.45, 7) is 0. The summed E-state index contributed by atoms with van der Waals surface area (Å²) in [5.41, 5.74) is 14.9. The van der Waals surface area contributed by atoms with Crippen LogP contribution in [0.4, 0.5) is 0 Å². The topological polar surface area (TPSA) is 215 Å². The molecule has 14 rings (SSSR count). The Morgan fingerprint density at radius 2 is 0.602 bits per heavy atom. The molecule has 0 fully saturated rings. The van der Waals surface area contributed by atoms with E-state index >= 15 is 0 Å². The minimum Gasteiger partial charge on any atom is -0.309 e. The van der Waals surface area contributed by atoms with E-state index < -0.39 is 0 Å². The second kappa shape index (κ2) is 21.7. The highest BCUT2D eigenvalue weighted by molar-refractivity contribution is 6.13. The molecule has 0 radical (unpaired) electrons. The first-order valence-corrected chi connectivity index (χ1v) is 27.8. The first-order chi connectivity index (χ1) is 43.3. The second-order valence-electron chi connectivity index (χ2n) is 20.9. The van der Waals surface area contributed by atoms with Crippen LogP contribution in [0.2, 0.25) is 0 Å². The molecule has 0 bridgehead atoms. The fourth-order valence-corrected chi connectivity index (χ4v) is 12.1. The molecular formula is C76H38N12. The number of fused-ring (bicyclic) bond motifs is 6. The molecule has 0 saturated carbocycles. The molecule has 11 aromatic carbocycles. The Morgan fingerprint density at radius 3 is 1.03 bits per heavy atom. The summed E-state index contributed by atoms with van der Waals surface area (Å²) in [4.78, 5) is 15.4. The summed E-state index contributed by atoms with van der Waals surface area (Å²) in [6, 6.07) is 89.3. The van der Waals surface area contributed by atoms with Crippen LogP contribution in [0.15, 0.2) is 231 Å². The highest BCUT2D eigenvalue weighted by Gasteiger charge is 2.24. The van der Waals surface area contributed by atoms with Gasteiger partial charge in [-0.1, -0.05) is 127 Å². The lowest BCUT2D eigenvalue weighted by Gasteiger charge is -2.19. The largest absolute Gasteiger partial charge is 0.309 e. The van der Waals surface area contributed by atoms with E-state index in [4.69, 9.17) is 15.0 Å². The summed E-state index contributed by atoms with van der Waals surface area (Å²) >= 11 is 0. The van der Waals surface area contributed by atoms with Gasteiger partial charge in [-0.25, -0.2) is 15.0 Å². The zero-order valence-corrected chi connectivity index (χ0v) is 46.3.